The average molecular weight is 555 g/mol. The maximum atomic E-state index is 12.4. The number of carbonyl (C=O) groups excluding carboxylic acids is 1. The summed E-state index contributed by atoms with van der Waals surface area (Å²) in [5.41, 5.74) is 1.33. The minimum Gasteiger partial charge on any atom is -0.481 e. The lowest BCUT2D eigenvalue weighted by atomic mass is 9.91. The van der Waals surface area contributed by atoms with Crippen LogP contribution in [0.1, 0.15) is 105 Å². The summed E-state index contributed by atoms with van der Waals surface area (Å²) in [4.78, 5) is 36.7. The molecular weight excluding hydrogens is 500 g/mol. The Hall–Kier alpha value is -1.70. The van der Waals surface area contributed by atoms with Crippen molar-refractivity contribution in [1.29, 1.82) is 0 Å². The summed E-state index contributed by atoms with van der Waals surface area (Å²) in [5, 5.41) is 21.2. The number of likely N-dealkylation sites (tertiary alicyclic amines) is 1. The monoisotopic (exact) mass is 554 g/mol. The van der Waals surface area contributed by atoms with E-state index in [0.29, 0.717) is 31.7 Å². The minimum absolute atomic E-state index is 0.295. The zero-order valence-corrected chi connectivity index (χ0v) is 25.4. The second-order valence-electron chi connectivity index (χ2n) is 11.9. The van der Waals surface area contributed by atoms with Crippen molar-refractivity contribution < 1.29 is 24.6 Å². The number of rotatable bonds is 19. The predicted octanol–water partition coefficient (Wildman–Crippen LogP) is 7.06. The maximum absolute atomic E-state index is 12.4. The summed E-state index contributed by atoms with van der Waals surface area (Å²) >= 11 is 1.50. The van der Waals surface area contributed by atoms with Gasteiger partial charge in [-0.05, 0) is 50.4 Å². The molecule has 1 aliphatic rings. The van der Waals surface area contributed by atoms with Crippen molar-refractivity contribution in [3.05, 3.63) is 11.6 Å². The summed E-state index contributed by atoms with van der Waals surface area (Å²) in [6, 6.07) is -1.39. The Morgan fingerprint density at radius 3 is 2.00 bits per heavy atom. The summed E-state index contributed by atoms with van der Waals surface area (Å²) in [5.74, 6) is 1.12. The van der Waals surface area contributed by atoms with Crippen LogP contribution in [-0.4, -0.2) is 63.7 Å². The molecule has 0 bridgehead atoms. The molecule has 38 heavy (non-hydrogen) atoms. The number of aliphatic carboxylic acids is 2. The number of carboxylic acids is 2. The number of allylic oxidation sites excluding steroid dienone is 1. The number of nitrogens with zero attached hydrogens (tertiary/aromatic N) is 1. The van der Waals surface area contributed by atoms with Crippen molar-refractivity contribution in [3.63, 3.8) is 0 Å². The second kappa shape index (κ2) is 19.4. The normalized spacial score (nSPS) is 17.3. The first kappa shape index (κ1) is 34.3. The van der Waals surface area contributed by atoms with Crippen molar-refractivity contribution in [2.45, 2.75) is 111 Å². The molecule has 8 heteroatoms. The van der Waals surface area contributed by atoms with Crippen LogP contribution in [0.4, 0.5) is 4.79 Å². The molecular formula is C30H54N2O5S. The zero-order valence-electron chi connectivity index (χ0n) is 24.5. The van der Waals surface area contributed by atoms with Crippen molar-refractivity contribution in [3.8, 4) is 0 Å². The van der Waals surface area contributed by atoms with Gasteiger partial charge in [0.05, 0.1) is 5.92 Å². The standard InChI is InChI=1S/C30H54N2O5S/c1-22(2)9-6-10-23(3)11-7-12-24(4)13-8-14-25(5)17-20-38-21-27(29(35)36)31-30(37)32-18-15-26(16-19-32)28(33)34/h17,22-24,26-27H,6-16,18-21H2,1-5H3,(H,31,37)(H,33,34)(H,35,36)/b25-17+/t23?,24?,27-/m0/s1. The third kappa shape index (κ3) is 15.6. The first-order valence-corrected chi connectivity index (χ1v) is 15.9. The van der Waals surface area contributed by atoms with Crippen LogP contribution in [0.5, 0.6) is 0 Å². The zero-order chi connectivity index (χ0) is 28.5. The van der Waals surface area contributed by atoms with E-state index >= 15 is 0 Å². The molecule has 0 aromatic carbocycles. The molecule has 0 radical (unpaired) electrons. The molecule has 3 N–H and O–H groups in total. The summed E-state index contributed by atoms with van der Waals surface area (Å²) < 4.78 is 0. The van der Waals surface area contributed by atoms with E-state index in [1.807, 2.05) is 0 Å². The quantitative estimate of drug-likeness (QED) is 0.116. The molecule has 2 amide bonds. The molecule has 0 aliphatic carbocycles. The molecule has 7 nitrogen and oxygen atoms in total. The highest BCUT2D eigenvalue weighted by Gasteiger charge is 2.29. The molecule has 0 aromatic heterocycles. The van der Waals surface area contributed by atoms with E-state index in [-0.39, 0.29) is 0 Å². The lowest BCUT2D eigenvalue weighted by Gasteiger charge is -2.31. The third-order valence-corrected chi connectivity index (χ3v) is 8.67. The van der Waals surface area contributed by atoms with Crippen LogP contribution in [0.2, 0.25) is 0 Å². The predicted molar refractivity (Wildman–Crippen MR) is 158 cm³/mol. The molecule has 1 rings (SSSR count). The first-order chi connectivity index (χ1) is 18.0. The van der Waals surface area contributed by atoms with Crippen LogP contribution in [0.25, 0.3) is 0 Å². The number of carbonyl (C=O) groups is 3. The molecule has 0 aromatic rings. The Bertz CT molecular complexity index is 734. The largest absolute Gasteiger partial charge is 0.481 e. The topological polar surface area (TPSA) is 107 Å². The minimum atomic E-state index is -1.05. The van der Waals surface area contributed by atoms with E-state index in [0.717, 1.165) is 29.9 Å². The molecule has 1 aliphatic heterocycles. The molecule has 220 valence electrons. The van der Waals surface area contributed by atoms with Crippen LogP contribution < -0.4 is 5.32 Å². The Labute approximate surface area is 235 Å². The number of thioether (sulfide) groups is 1. The van der Waals surface area contributed by atoms with Gasteiger partial charge in [0.15, 0.2) is 0 Å². The van der Waals surface area contributed by atoms with Gasteiger partial charge in [0.2, 0.25) is 0 Å². The lowest BCUT2D eigenvalue weighted by molar-refractivity contribution is -0.143. The van der Waals surface area contributed by atoms with Crippen LogP contribution >= 0.6 is 11.8 Å². The van der Waals surface area contributed by atoms with E-state index < -0.39 is 29.9 Å². The van der Waals surface area contributed by atoms with Crippen molar-refractivity contribution >= 4 is 29.7 Å². The highest BCUT2D eigenvalue weighted by molar-refractivity contribution is 7.99. The van der Waals surface area contributed by atoms with E-state index in [2.05, 4.69) is 46.0 Å². The van der Waals surface area contributed by atoms with Gasteiger partial charge in [-0.15, -0.1) is 0 Å². The maximum Gasteiger partial charge on any atom is 0.327 e. The number of nitrogens with one attached hydrogen (secondary N) is 1. The average Bonchev–Trinajstić information content (AvgIpc) is 2.85. The number of urea groups is 1. The third-order valence-electron chi connectivity index (χ3n) is 7.70. The number of amides is 2. The smallest absolute Gasteiger partial charge is 0.327 e. The van der Waals surface area contributed by atoms with Gasteiger partial charge in [0, 0.05) is 24.6 Å². The van der Waals surface area contributed by atoms with E-state index in [9.17, 15) is 19.5 Å². The van der Waals surface area contributed by atoms with Crippen LogP contribution in [-0.2, 0) is 9.59 Å². The fourth-order valence-electron chi connectivity index (χ4n) is 4.94. The van der Waals surface area contributed by atoms with Crippen LogP contribution in [0.3, 0.4) is 0 Å². The van der Waals surface area contributed by atoms with E-state index in [4.69, 9.17) is 5.11 Å². The summed E-state index contributed by atoms with van der Waals surface area (Å²) in [6.07, 6.45) is 14.5. The second-order valence-corrected chi connectivity index (χ2v) is 13.0. The van der Waals surface area contributed by atoms with Crippen LogP contribution in [0.15, 0.2) is 11.6 Å². The van der Waals surface area contributed by atoms with E-state index in [1.165, 1.54) is 73.6 Å². The molecule has 3 atom stereocenters. The molecule has 1 heterocycles. The number of hydrogen-bond acceptors (Lipinski definition) is 4. The first-order valence-electron chi connectivity index (χ1n) is 14.7. The number of piperidine rings is 1. The molecule has 2 unspecified atom stereocenters. The summed E-state index contributed by atoms with van der Waals surface area (Å²) in [6.45, 7) is 12.2. The van der Waals surface area contributed by atoms with Crippen LogP contribution in [0, 0.1) is 23.7 Å². The molecule has 0 spiro atoms. The fourth-order valence-corrected chi connectivity index (χ4v) is 5.94. The van der Waals surface area contributed by atoms with Crippen molar-refractivity contribution in [2.24, 2.45) is 23.7 Å². The van der Waals surface area contributed by atoms with E-state index in [1.54, 1.807) is 0 Å². The molecule has 0 saturated carbocycles. The van der Waals surface area contributed by atoms with Gasteiger partial charge in [-0.1, -0.05) is 84.3 Å². The van der Waals surface area contributed by atoms with Gasteiger partial charge in [-0.3, -0.25) is 4.79 Å². The Morgan fingerprint density at radius 1 is 0.921 bits per heavy atom. The Morgan fingerprint density at radius 2 is 1.47 bits per heavy atom. The fraction of sp³-hybridized carbons (Fsp3) is 0.833. The number of carboxylic acid groups (broad SMARTS) is 2. The highest BCUT2D eigenvalue weighted by Crippen LogP contribution is 2.22. The van der Waals surface area contributed by atoms with Gasteiger partial charge in [-0.25, -0.2) is 9.59 Å². The molecule has 1 fully saturated rings. The Balaban J connectivity index is 2.20. The van der Waals surface area contributed by atoms with Crippen molar-refractivity contribution in [1.82, 2.24) is 10.2 Å². The Kier molecular flexibility index (Phi) is 17.5. The molecule has 1 saturated heterocycles. The SMILES string of the molecule is C/C(=C\CSC[C@H](NC(=O)N1CCC(C(=O)O)CC1)C(=O)O)CCCC(C)CCCC(C)CCCC(C)C. The number of hydrogen-bond donors (Lipinski definition) is 3. The van der Waals surface area contributed by atoms with Gasteiger partial charge >= 0.3 is 18.0 Å². The van der Waals surface area contributed by atoms with Gasteiger partial charge in [-0.2, -0.15) is 11.8 Å². The van der Waals surface area contributed by atoms with Gasteiger partial charge in [0.1, 0.15) is 6.04 Å². The van der Waals surface area contributed by atoms with Crippen molar-refractivity contribution in [2.75, 3.05) is 24.6 Å². The highest BCUT2D eigenvalue weighted by atomic mass is 32.2. The lowest BCUT2D eigenvalue weighted by Crippen LogP contribution is -2.51. The summed E-state index contributed by atoms with van der Waals surface area (Å²) in [7, 11) is 0. The van der Waals surface area contributed by atoms with Gasteiger partial charge in [0.25, 0.3) is 0 Å². The van der Waals surface area contributed by atoms with Gasteiger partial charge < -0.3 is 20.4 Å².